The maximum absolute atomic E-state index is 14.3. The molecular formula is C84H139N11O33S. The molecule has 6 unspecified atom stereocenters. The van der Waals surface area contributed by atoms with E-state index < -0.39 is 307 Å². The summed E-state index contributed by atoms with van der Waals surface area (Å²) in [6.45, 7) is 1.63. The molecule has 734 valence electrons. The predicted octanol–water partition coefficient (Wildman–Crippen LogP) is 2.41. The number of unbranched alkanes of at least 4 members (excludes halogenated alkanes) is 24. The Hall–Kier alpha value is -10.7. The summed E-state index contributed by atoms with van der Waals surface area (Å²) < 4.78 is 11.3. The van der Waals surface area contributed by atoms with Gasteiger partial charge < -0.3 is 124 Å². The third kappa shape index (κ3) is 60.7. The zero-order chi connectivity index (χ0) is 97.0. The number of amides is 10. The number of esters is 2. The molecule has 44 nitrogen and oxygen atoms in total. The average Bonchev–Trinajstić information content (AvgIpc) is 0.894. The molecule has 129 heavy (non-hydrogen) atoms. The van der Waals surface area contributed by atoms with Gasteiger partial charge in [0.05, 0.1) is 25.3 Å². The Morgan fingerprint density at radius 3 is 0.744 bits per heavy atom. The number of carboxylic acids is 8. The van der Waals surface area contributed by atoms with Crippen LogP contribution in [0.3, 0.4) is 0 Å². The van der Waals surface area contributed by atoms with Crippen LogP contribution >= 0.6 is 11.8 Å². The number of aliphatic hydroxyl groups is 2. The van der Waals surface area contributed by atoms with Crippen LogP contribution in [0.5, 0.6) is 0 Å². The van der Waals surface area contributed by atoms with Gasteiger partial charge in [0.15, 0.2) is 0 Å². The molecule has 0 aliphatic carbocycles. The molecule has 0 rings (SSSR count). The Morgan fingerprint density at radius 2 is 0.496 bits per heavy atom. The van der Waals surface area contributed by atoms with E-state index in [0.29, 0.717) is 12.8 Å². The van der Waals surface area contributed by atoms with E-state index in [-0.39, 0.29) is 37.2 Å². The number of ether oxygens (including phenoxy) is 2. The van der Waals surface area contributed by atoms with Crippen molar-refractivity contribution < 1.29 is 161 Å². The highest BCUT2D eigenvalue weighted by Gasteiger charge is 2.38. The van der Waals surface area contributed by atoms with E-state index in [1.807, 2.05) is 0 Å². The zero-order valence-corrected chi connectivity index (χ0v) is 74.8. The van der Waals surface area contributed by atoms with Crippen LogP contribution in [0, 0.1) is 0 Å². The number of carboxylic acid groups (broad SMARTS) is 8. The second-order valence-corrected chi connectivity index (χ2v) is 32.6. The van der Waals surface area contributed by atoms with Gasteiger partial charge in [-0.1, -0.05) is 168 Å². The van der Waals surface area contributed by atoms with Gasteiger partial charge in [-0.3, -0.25) is 95.9 Å². The maximum Gasteiger partial charge on any atom is 0.306 e. The van der Waals surface area contributed by atoms with Gasteiger partial charge in [0.25, 0.3) is 0 Å². The van der Waals surface area contributed by atoms with Crippen molar-refractivity contribution in [2.45, 2.75) is 369 Å². The number of aliphatic carboxylic acids is 8. The summed E-state index contributed by atoms with van der Waals surface area (Å²) in [5.41, 5.74) is 6.22. The number of aliphatic hydroxyl groups excluding tert-OH is 2. The van der Waals surface area contributed by atoms with E-state index in [1.165, 1.54) is 96.3 Å². The molecule has 0 aliphatic rings. The number of aldehydes is 1. The molecule has 0 spiro atoms. The first-order valence-corrected chi connectivity index (χ1v) is 45.6. The standard InChI is InChI=1S/C84H139N11O33S/c1-3-5-7-9-11-13-15-17-19-21-23-25-27-29-73(115)127-50-54(128-74(116)30-28-26-24-22-20-18-16-14-12-10-8-6-4-2)51-129-52-55(85)75(117)94-63(48-97)84(126)95-64(49-98)83(125)93-62(38-46-72(113)114)82(124)92-61(37-45-71(111)112)81(123)91-60(36-44-70(109)110)80(122)90-59(35-43-69(107)108)79(121)89-58(34-42-68(105)106)78(120)88-57(33-41-67(103)104)77(119)87-56(32-40-66(101)102)76(118)86-53(47-96)31-39-65(99)100/h47,53-64,97-98H,3-46,48-52,85H2,1-2H3,(H,86,118)(H,87,119)(H,88,120)(H,89,121)(H,90,122)(H,91,123)(H,92,124)(H,93,125)(H,94,117)(H,95,126)(H,99,100)(H,101,102)(H,103,104)(H,105,106)(H,107,108)(H,109,110)(H,111,112)(H,113,114)/t53-,54?,55?,56-,57?,58-,59?,60-,61?,62-,63-,64?/m0/s1. The van der Waals surface area contributed by atoms with E-state index in [0.717, 1.165) is 69.5 Å². The number of rotatable bonds is 82. The molecule has 0 aromatic heterocycles. The number of hydrogen-bond acceptors (Lipinski definition) is 27. The maximum atomic E-state index is 14.3. The molecule has 45 heteroatoms. The van der Waals surface area contributed by atoms with Gasteiger partial charge >= 0.3 is 59.7 Å². The molecule has 0 saturated heterocycles. The smallest absolute Gasteiger partial charge is 0.306 e. The Balaban J connectivity index is 6.74. The fourth-order valence-corrected chi connectivity index (χ4v) is 13.9. The van der Waals surface area contributed by atoms with Gasteiger partial charge in [0.2, 0.25) is 59.1 Å². The average molecular weight is 1860 g/mol. The second-order valence-electron chi connectivity index (χ2n) is 31.6. The van der Waals surface area contributed by atoms with E-state index in [2.05, 4.69) is 67.0 Å². The summed E-state index contributed by atoms with van der Waals surface area (Å²) in [5, 5.41) is 118. The van der Waals surface area contributed by atoms with Crippen molar-refractivity contribution in [3.05, 3.63) is 0 Å². The lowest BCUT2D eigenvalue weighted by molar-refractivity contribution is -0.157. The van der Waals surface area contributed by atoms with Crippen LogP contribution in [0.2, 0.25) is 0 Å². The number of hydrogen-bond donors (Lipinski definition) is 21. The van der Waals surface area contributed by atoms with Crippen LogP contribution in [-0.4, -0.2) is 280 Å². The Kier molecular flexibility index (Phi) is 66.2. The molecule has 22 N–H and O–H groups in total. The Morgan fingerprint density at radius 1 is 0.279 bits per heavy atom. The summed E-state index contributed by atoms with van der Waals surface area (Å²) in [7, 11) is 0. The summed E-state index contributed by atoms with van der Waals surface area (Å²) in [4.78, 5) is 271. The largest absolute Gasteiger partial charge is 0.481 e. The van der Waals surface area contributed by atoms with Crippen molar-refractivity contribution in [1.82, 2.24) is 53.2 Å². The molecule has 0 saturated carbocycles. The minimum atomic E-state index is -2.18. The predicted molar refractivity (Wildman–Crippen MR) is 461 cm³/mol. The zero-order valence-electron chi connectivity index (χ0n) is 74.0. The van der Waals surface area contributed by atoms with E-state index in [1.54, 1.807) is 0 Å². The molecule has 12 atom stereocenters. The molecule has 10 amide bonds. The SMILES string of the molecule is CCCCCCCCCCCCCCCC(=O)OCC(CSCC(N)C(=O)N[C@@H](CO)C(=O)NC(CO)C(=O)N[C@@H](CCC(=O)O)C(=O)NC(CCC(=O)O)C(=O)N[C@@H](CCC(=O)O)C(=O)NC(CCC(=O)O)C(=O)N[C@@H](CCC(=O)O)C(=O)NC(CCC(=O)O)C(=O)N[C@@H](CCC(=O)O)C(=O)N[C@H](C=O)CCC(=O)O)OC(=O)CCCCCCCCCCCCCCC. The summed E-state index contributed by atoms with van der Waals surface area (Å²) in [5.74, 6) is -28.0. The van der Waals surface area contributed by atoms with Crippen LogP contribution in [0.25, 0.3) is 0 Å². The minimum absolute atomic E-state index is 0.00297. The number of thioether (sulfide) groups is 1. The minimum Gasteiger partial charge on any atom is -0.481 e. The van der Waals surface area contributed by atoms with Crippen molar-refractivity contribution in [3.63, 3.8) is 0 Å². The first-order chi connectivity index (χ1) is 61.3. The summed E-state index contributed by atoms with van der Waals surface area (Å²) in [6.07, 6.45) is 14.1. The van der Waals surface area contributed by atoms with Gasteiger partial charge in [-0.2, -0.15) is 11.8 Å². The third-order valence-electron chi connectivity index (χ3n) is 20.4. The van der Waals surface area contributed by atoms with Crippen LogP contribution in [0.4, 0.5) is 0 Å². The third-order valence-corrected chi connectivity index (χ3v) is 21.6. The fourth-order valence-electron chi connectivity index (χ4n) is 12.9. The Labute approximate surface area is 754 Å². The van der Waals surface area contributed by atoms with Crippen LogP contribution in [0.15, 0.2) is 0 Å². The lowest BCUT2D eigenvalue weighted by Gasteiger charge is -2.28. The highest BCUT2D eigenvalue weighted by Crippen LogP contribution is 2.19. The van der Waals surface area contributed by atoms with Gasteiger partial charge in [-0.05, 0) is 64.2 Å². The quantitative estimate of drug-likeness (QED) is 0.0236. The van der Waals surface area contributed by atoms with Gasteiger partial charge in [-0.25, -0.2) is 0 Å². The molecular weight excluding hydrogens is 1720 g/mol. The van der Waals surface area contributed by atoms with E-state index >= 15 is 0 Å². The summed E-state index contributed by atoms with van der Waals surface area (Å²) >= 11 is 1.03. The number of carbonyl (C=O) groups is 21. The molecule has 0 aromatic carbocycles. The fraction of sp³-hybridized carbons (Fsp3) is 0.750. The van der Waals surface area contributed by atoms with Gasteiger partial charge in [0.1, 0.15) is 73.4 Å². The van der Waals surface area contributed by atoms with Crippen molar-refractivity contribution in [3.8, 4) is 0 Å². The first-order valence-electron chi connectivity index (χ1n) is 44.4. The van der Waals surface area contributed by atoms with Crippen LogP contribution in [-0.2, 0) is 110 Å². The van der Waals surface area contributed by atoms with Crippen molar-refractivity contribution in [2.75, 3.05) is 31.3 Å². The van der Waals surface area contributed by atoms with E-state index in [9.17, 15) is 147 Å². The monoisotopic (exact) mass is 1860 g/mol. The van der Waals surface area contributed by atoms with Crippen molar-refractivity contribution >= 4 is 137 Å². The molecule has 0 bridgehead atoms. The second kappa shape index (κ2) is 72.1. The summed E-state index contributed by atoms with van der Waals surface area (Å²) in [6, 6.07) is -21.6. The van der Waals surface area contributed by atoms with Crippen LogP contribution < -0.4 is 58.9 Å². The van der Waals surface area contributed by atoms with Gasteiger partial charge in [-0.15, -0.1) is 0 Å². The lowest BCUT2D eigenvalue weighted by Crippen LogP contribution is -2.61. The van der Waals surface area contributed by atoms with Gasteiger partial charge in [0, 0.05) is 75.7 Å². The van der Waals surface area contributed by atoms with Crippen molar-refractivity contribution in [2.24, 2.45) is 5.73 Å². The van der Waals surface area contributed by atoms with Crippen molar-refractivity contribution in [1.29, 1.82) is 0 Å². The highest BCUT2D eigenvalue weighted by atomic mass is 32.2. The molecule has 0 aliphatic heterocycles. The Bertz CT molecular complexity index is 3520. The number of nitrogens with one attached hydrogen (secondary N) is 10. The molecule has 0 radical (unpaired) electrons. The number of carbonyl (C=O) groups excluding carboxylic acids is 13. The lowest BCUT2D eigenvalue weighted by atomic mass is 10.0. The number of nitrogens with two attached hydrogens (primary N) is 1. The molecule has 0 aromatic rings. The first kappa shape index (κ1) is 118. The normalized spacial score (nSPS) is 13.8. The molecule has 0 fully saturated rings. The van der Waals surface area contributed by atoms with E-state index in [4.69, 9.17) is 20.3 Å². The topological polar surface area (TPSA) is 726 Å². The van der Waals surface area contributed by atoms with Crippen LogP contribution in [0.1, 0.15) is 296 Å². The highest BCUT2D eigenvalue weighted by molar-refractivity contribution is 7.99. The molecule has 0 heterocycles.